The van der Waals surface area contributed by atoms with Crippen molar-refractivity contribution in [3.63, 3.8) is 0 Å². The van der Waals surface area contributed by atoms with Crippen molar-refractivity contribution < 1.29 is 43.4 Å². The van der Waals surface area contributed by atoms with Crippen molar-refractivity contribution in [3.8, 4) is 0 Å². The van der Waals surface area contributed by atoms with Gasteiger partial charge in [0, 0.05) is 48.9 Å². The van der Waals surface area contributed by atoms with Crippen LogP contribution >= 0.6 is 23.3 Å². The number of rotatable bonds is 9. The molecule has 3 fully saturated rings. The largest absolute Gasteiger partial charge is 0.511 e. The Balaban J connectivity index is 1.38. The highest BCUT2D eigenvalue weighted by atomic mass is 32.2. The van der Waals surface area contributed by atoms with E-state index in [0.29, 0.717) is 30.7 Å². The van der Waals surface area contributed by atoms with E-state index in [1.54, 1.807) is 13.0 Å². The topological polar surface area (TPSA) is 228 Å². The number of nitrogen functional groups attached to an aromatic ring is 1. The minimum absolute atomic E-state index is 0.0440. The molecule has 0 aromatic carbocycles. The first-order chi connectivity index (χ1) is 21.1. The van der Waals surface area contributed by atoms with E-state index >= 15 is 0 Å². The van der Waals surface area contributed by atoms with Crippen molar-refractivity contribution in [2.24, 2.45) is 5.16 Å². The van der Waals surface area contributed by atoms with E-state index in [4.69, 9.17) is 19.9 Å². The van der Waals surface area contributed by atoms with Crippen molar-refractivity contribution in [1.29, 1.82) is 0 Å². The maximum atomic E-state index is 13.5. The lowest BCUT2D eigenvalue weighted by atomic mass is 10.0. The number of fused-ring (bicyclic) bond motifs is 1. The minimum atomic E-state index is -1.36. The predicted molar refractivity (Wildman–Crippen MR) is 154 cm³/mol. The molecule has 0 bridgehead atoms. The molecule has 4 aliphatic rings. The lowest BCUT2D eigenvalue weighted by molar-refractivity contribution is -0.168. The predicted octanol–water partition coefficient (Wildman–Crippen LogP) is -0.464. The van der Waals surface area contributed by atoms with Crippen LogP contribution in [-0.4, -0.2) is 116 Å². The second-order valence-corrected chi connectivity index (χ2v) is 11.9. The molecule has 5 rings (SSSR count). The van der Waals surface area contributed by atoms with Crippen molar-refractivity contribution in [3.05, 3.63) is 28.7 Å². The van der Waals surface area contributed by atoms with Crippen LogP contribution < -0.4 is 16.4 Å². The molecule has 1 aromatic rings. The van der Waals surface area contributed by atoms with Gasteiger partial charge in [-0.25, -0.2) is 9.59 Å². The Labute approximate surface area is 259 Å². The zero-order valence-electron chi connectivity index (χ0n) is 23.7. The monoisotopic (exact) mass is 650 g/mol. The van der Waals surface area contributed by atoms with Crippen LogP contribution in [0.25, 0.3) is 0 Å². The summed E-state index contributed by atoms with van der Waals surface area (Å²) < 4.78 is 18.9. The summed E-state index contributed by atoms with van der Waals surface area (Å²) in [6.07, 6.45) is 0.513. The minimum Gasteiger partial charge on any atom is -0.435 e. The molecular weight excluding hydrogens is 620 g/mol. The second-order valence-electron chi connectivity index (χ2n) is 9.98. The van der Waals surface area contributed by atoms with E-state index in [1.165, 1.54) is 18.7 Å². The molecule has 236 valence electrons. The van der Waals surface area contributed by atoms with Gasteiger partial charge in [-0.05, 0) is 38.0 Å². The number of thioether (sulfide) groups is 1. The number of carbonyl (C=O) groups excluding carboxylic acids is 5. The van der Waals surface area contributed by atoms with Crippen molar-refractivity contribution in [2.75, 3.05) is 37.7 Å². The van der Waals surface area contributed by atoms with Gasteiger partial charge in [0.25, 0.3) is 11.8 Å². The summed E-state index contributed by atoms with van der Waals surface area (Å²) in [4.78, 5) is 71.6. The highest BCUT2D eigenvalue weighted by Crippen LogP contribution is 2.42. The normalized spacial score (nSPS) is 25.1. The van der Waals surface area contributed by atoms with E-state index in [9.17, 15) is 29.2 Å². The third kappa shape index (κ3) is 6.20. The number of hydrogen-bond donors (Lipinski definition) is 4. The lowest BCUT2D eigenvalue weighted by Crippen LogP contribution is -2.71. The molecule has 3 amide bonds. The number of anilines is 1. The van der Waals surface area contributed by atoms with Crippen LogP contribution in [0, 0.1) is 0 Å². The summed E-state index contributed by atoms with van der Waals surface area (Å²) >= 11 is 2.04. The number of nitrogens with zero attached hydrogens (tertiary/aromatic N) is 5. The fourth-order valence-corrected chi connectivity index (χ4v) is 6.97. The maximum absolute atomic E-state index is 13.5. The van der Waals surface area contributed by atoms with Gasteiger partial charge in [-0.2, -0.15) is 9.36 Å². The van der Waals surface area contributed by atoms with Gasteiger partial charge in [-0.3, -0.25) is 19.3 Å². The van der Waals surface area contributed by atoms with Gasteiger partial charge >= 0.3 is 12.1 Å². The van der Waals surface area contributed by atoms with Gasteiger partial charge in [0.05, 0.1) is 6.61 Å². The molecule has 44 heavy (non-hydrogen) atoms. The number of nitrogens with two attached hydrogens (primary N) is 1. The Morgan fingerprint density at radius 2 is 2.11 bits per heavy atom. The average molecular weight is 651 g/mol. The first-order valence-corrected chi connectivity index (χ1v) is 15.5. The van der Waals surface area contributed by atoms with Crippen molar-refractivity contribution >= 4 is 64.0 Å². The molecule has 1 unspecified atom stereocenters. The Hall–Kier alpha value is -4.23. The molecule has 0 spiro atoms. The quantitative estimate of drug-likeness (QED) is 0.0504. The number of oxime groups is 1. The number of carbonyl (C=O) groups is 5. The number of amides is 3. The molecular formula is C25H30N8O9S2. The smallest absolute Gasteiger partial charge is 0.435 e. The number of ether oxygens (including phenoxy) is 3. The van der Waals surface area contributed by atoms with Gasteiger partial charge < -0.3 is 40.7 Å². The molecule has 1 aromatic heterocycles. The van der Waals surface area contributed by atoms with Gasteiger partial charge in [-0.15, -0.1) is 11.8 Å². The zero-order chi connectivity index (χ0) is 31.5. The van der Waals surface area contributed by atoms with Crippen molar-refractivity contribution in [2.45, 2.75) is 50.4 Å². The number of β-lactam (4-membered cyclic amide) rings is 1. The first-order valence-electron chi connectivity index (χ1n) is 13.7. The third-order valence-corrected chi connectivity index (χ3v) is 9.07. The molecule has 0 saturated carbocycles. The summed E-state index contributed by atoms with van der Waals surface area (Å²) in [5.41, 5.74) is 5.73. The summed E-state index contributed by atoms with van der Waals surface area (Å²) in [6, 6.07) is -1.02. The number of esters is 1. The third-order valence-electron chi connectivity index (χ3n) is 7.22. The molecule has 5 N–H and O–H groups in total. The van der Waals surface area contributed by atoms with Crippen LogP contribution in [0.2, 0.25) is 0 Å². The molecule has 4 atom stereocenters. The van der Waals surface area contributed by atoms with Gasteiger partial charge in [0.1, 0.15) is 17.1 Å². The molecule has 0 aliphatic carbocycles. The Bertz CT molecular complexity index is 1450. The van der Waals surface area contributed by atoms with Gasteiger partial charge in [0.2, 0.25) is 23.7 Å². The summed E-state index contributed by atoms with van der Waals surface area (Å²) in [6.45, 7) is 5.02. The Morgan fingerprint density at radius 3 is 2.77 bits per heavy atom. The van der Waals surface area contributed by atoms with Crippen molar-refractivity contribution in [1.82, 2.24) is 29.8 Å². The van der Waals surface area contributed by atoms with E-state index in [-0.39, 0.29) is 41.0 Å². The number of likely N-dealkylation sites (tertiary alicyclic amines) is 1. The average Bonchev–Trinajstić information content (AvgIpc) is 3.74. The molecule has 4 aliphatic heterocycles. The Kier molecular flexibility index (Phi) is 9.35. The summed E-state index contributed by atoms with van der Waals surface area (Å²) in [7, 11) is 0. The Morgan fingerprint density at radius 1 is 1.32 bits per heavy atom. The maximum Gasteiger partial charge on any atom is 0.511 e. The lowest BCUT2D eigenvalue weighted by Gasteiger charge is -2.49. The first kappa shape index (κ1) is 31.2. The SMILES string of the molecule is CCOC(=O)OC(C)OC(=O)C1=C(/C=C2\CCN([C@@H]3CCNC3)C2=O)CS[C@@H]2[C@H](NC(=O)/C(=N\O)c3nsc(N)n3)C(=O)N12. The molecule has 5 heterocycles. The van der Waals surface area contributed by atoms with E-state index in [2.05, 4.69) is 25.1 Å². The van der Waals surface area contributed by atoms with Crippen LogP contribution in [0.15, 0.2) is 28.1 Å². The fraction of sp³-hybridized carbons (Fsp3) is 0.520. The summed E-state index contributed by atoms with van der Waals surface area (Å²) in [5.74, 6) is -2.73. The highest BCUT2D eigenvalue weighted by molar-refractivity contribution is 8.00. The molecule has 19 heteroatoms. The van der Waals surface area contributed by atoms with Gasteiger partial charge in [0.15, 0.2) is 5.13 Å². The van der Waals surface area contributed by atoms with Crippen LogP contribution in [0.5, 0.6) is 0 Å². The zero-order valence-corrected chi connectivity index (χ0v) is 25.3. The molecule has 17 nitrogen and oxygen atoms in total. The van der Waals surface area contributed by atoms with Crippen LogP contribution in [0.3, 0.4) is 0 Å². The second kappa shape index (κ2) is 13.2. The molecule has 3 saturated heterocycles. The van der Waals surface area contributed by atoms with E-state index < -0.39 is 47.4 Å². The van der Waals surface area contributed by atoms with Crippen LogP contribution in [0.4, 0.5) is 9.93 Å². The number of aromatic nitrogens is 2. The van der Waals surface area contributed by atoms with Crippen LogP contribution in [-0.2, 0) is 33.4 Å². The standard InChI is InChI=1S/C25H30N8O9S2/c1-3-40-25(38)42-11(2)41-23(37)17-13(8-12-5-7-32(20(12)35)14-4-6-27-9-14)10-43-22-16(21(36)33(17)22)28-19(34)15(30-39)18-29-24(26)44-31-18/h8,11,14,16,22,27,39H,3-7,9-10H2,1-2H3,(H,28,34)(H2,26,29,31)/b12-8+,30-15-/t11?,14-,16-,22-/m1/s1. The number of allylic oxidation sites excluding steroid dienone is 1. The fourth-order valence-electron chi connectivity index (χ4n) is 5.23. The number of nitrogens with one attached hydrogen (secondary N) is 2. The summed E-state index contributed by atoms with van der Waals surface area (Å²) in [5, 5.41) is 17.4. The molecule has 0 radical (unpaired) electrons. The number of hydrogen-bond acceptors (Lipinski definition) is 16. The highest BCUT2D eigenvalue weighted by Gasteiger charge is 2.55. The van der Waals surface area contributed by atoms with Crippen LogP contribution in [0.1, 0.15) is 32.5 Å². The van der Waals surface area contributed by atoms with Gasteiger partial charge in [-0.1, -0.05) is 5.16 Å². The van der Waals surface area contributed by atoms with E-state index in [1.807, 2.05) is 4.90 Å². The van der Waals surface area contributed by atoms with E-state index in [0.717, 1.165) is 29.4 Å².